The first-order valence-electron chi connectivity index (χ1n) is 8.76. The van der Waals surface area contributed by atoms with Crippen LogP contribution in [-0.4, -0.2) is 62.0 Å². The molecule has 5 heteroatoms. The number of hydrogen-bond acceptors (Lipinski definition) is 4. The van der Waals surface area contributed by atoms with Crippen molar-refractivity contribution in [2.45, 2.75) is 26.7 Å². The summed E-state index contributed by atoms with van der Waals surface area (Å²) in [5.41, 5.74) is 2.17. The Bertz CT molecular complexity index is 565. The number of benzene rings is 1. The van der Waals surface area contributed by atoms with Crippen molar-refractivity contribution in [3.8, 4) is 0 Å². The molecule has 0 N–H and O–H groups in total. The smallest absolute Gasteiger partial charge is 0.307 e. The van der Waals surface area contributed by atoms with Crippen LogP contribution in [0.4, 0.5) is 0 Å². The molecular formula is C20H30N2O3. The van der Waals surface area contributed by atoms with Crippen LogP contribution in [0, 0.1) is 6.92 Å². The molecular weight excluding hydrogens is 316 g/mol. The van der Waals surface area contributed by atoms with Crippen molar-refractivity contribution < 1.29 is 14.3 Å². The highest BCUT2D eigenvalue weighted by molar-refractivity contribution is 5.92. The van der Waals surface area contributed by atoms with E-state index in [2.05, 4.69) is 4.90 Å². The van der Waals surface area contributed by atoms with Crippen molar-refractivity contribution in [3.63, 3.8) is 0 Å². The van der Waals surface area contributed by atoms with E-state index >= 15 is 0 Å². The van der Waals surface area contributed by atoms with Crippen molar-refractivity contribution in [2.75, 3.05) is 40.3 Å². The highest BCUT2D eigenvalue weighted by atomic mass is 16.5. The van der Waals surface area contributed by atoms with E-state index in [-0.39, 0.29) is 18.3 Å². The summed E-state index contributed by atoms with van der Waals surface area (Å²) in [5.74, 6) is -0.348. The molecule has 1 aromatic carbocycles. The zero-order valence-corrected chi connectivity index (χ0v) is 15.8. The van der Waals surface area contributed by atoms with E-state index in [1.807, 2.05) is 51.4 Å². The van der Waals surface area contributed by atoms with Gasteiger partial charge in [0.25, 0.3) is 0 Å². The number of rotatable bonds is 10. The van der Waals surface area contributed by atoms with Crippen LogP contribution in [0.1, 0.15) is 30.9 Å². The van der Waals surface area contributed by atoms with Crippen LogP contribution >= 0.6 is 0 Å². The molecule has 0 atom stereocenters. The normalized spacial score (nSPS) is 11.1. The number of ether oxygens (including phenoxy) is 1. The van der Waals surface area contributed by atoms with Gasteiger partial charge in [-0.2, -0.15) is 0 Å². The molecule has 0 saturated heterocycles. The first-order chi connectivity index (χ1) is 11.9. The molecule has 0 radical (unpaired) electrons. The molecule has 5 nitrogen and oxygen atoms in total. The van der Waals surface area contributed by atoms with Gasteiger partial charge in [-0.1, -0.05) is 29.8 Å². The third kappa shape index (κ3) is 9.05. The Balaban J connectivity index is 2.65. The summed E-state index contributed by atoms with van der Waals surface area (Å²) in [5, 5.41) is 0. The summed E-state index contributed by atoms with van der Waals surface area (Å²) < 4.78 is 4.95. The van der Waals surface area contributed by atoms with Gasteiger partial charge in [-0.15, -0.1) is 0 Å². The minimum atomic E-state index is -0.268. The fraction of sp³-hybridized carbons (Fsp3) is 0.500. The zero-order chi connectivity index (χ0) is 18.7. The van der Waals surface area contributed by atoms with Gasteiger partial charge < -0.3 is 14.5 Å². The van der Waals surface area contributed by atoms with Gasteiger partial charge in [0.15, 0.2) is 0 Å². The Kier molecular flexibility index (Phi) is 9.55. The molecule has 0 aliphatic rings. The van der Waals surface area contributed by atoms with Crippen molar-refractivity contribution in [1.29, 1.82) is 0 Å². The van der Waals surface area contributed by atoms with E-state index in [1.54, 1.807) is 17.9 Å². The number of aryl methyl sites for hydroxylation is 1. The third-order valence-electron chi connectivity index (χ3n) is 3.73. The first-order valence-corrected chi connectivity index (χ1v) is 8.76. The molecule has 0 aliphatic heterocycles. The number of amides is 1. The highest BCUT2D eigenvalue weighted by Gasteiger charge is 2.13. The standard InChI is InChI=1S/C20H30N2O3/c1-5-25-20(24)13-16-22(15-6-14-21(3)4)19(23)12-11-18-9-7-17(2)8-10-18/h7-12H,5-6,13-16H2,1-4H3/b12-11+. The average molecular weight is 346 g/mol. The second-order valence-electron chi connectivity index (χ2n) is 6.28. The summed E-state index contributed by atoms with van der Waals surface area (Å²) in [6, 6.07) is 7.99. The van der Waals surface area contributed by atoms with Crippen LogP contribution in [0.25, 0.3) is 6.08 Å². The molecule has 0 spiro atoms. The number of esters is 1. The minimum absolute atomic E-state index is 0.0800. The zero-order valence-electron chi connectivity index (χ0n) is 15.8. The summed E-state index contributed by atoms with van der Waals surface area (Å²) in [4.78, 5) is 27.9. The molecule has 1 amide bonds. The topological polar surface area (TPSA) is 49.9 Å². The summed E-state index contributed by atoms with van der Waals surface area (Å²) in [6.07, 6.45) is 4.47. The lowest BCUT2D eigenvalue weighted by Gasteiger charge is -2.22. The van der Waals surface area contributed by atoms with Gasteiger partial charge in [-0.3, -0.25) is 9.59 Å². The van der Waals surface area contributed by atoms with Gasteiger partial charge in [-0.05, 0) is 52.5 Å². The van der Waals surface area contributed by atoms with Crippen LogP contribution in [0.3, 0.4) is 0 Å². The number of carbonyl (C=O) groups is 2. The highest BCUT2D eigenvalue weighted by Crippen LogP contribution is 2.06. The second-order valence-corrected chi connectivity index (χ2v) is 6.28. The molecule has 0 bridgehead atoms. The lowest BCUT2D eigenvalue weighted by Crippen LogP contribution is -2.34. The molecule has 0 aromatic heterocycles. The third-order valence-corrected chi connectivity index (χ3v) is 3.73. The summed E-state index contributed by atoms with van der Waals surface area (Å²) in [6.45, 7) is 6.06. The van der Waals surface area contributed by atoms with Crippen LogP contribution in [0.2, 0.25) is 0 Å². The van der Waals surface area contributed by atoms with Crippen molar-refractivity contribution in [2.24, 2.45) is 0 Å². The Morgan fingerprint density at radius 3 is 2.36 bits per heavy atom. The van der Waals surface area contributed by atoms with Gasteiger partial charge in [-0.25, -0.2) is 0 Å². The summed E-state index contributed by atoms with van der Waals surface area (Å²) in [7, 11) is 4.00. The van der Waals surface area contributed by atoms with Crippen LogP contribution < -0.4 is 0 Å². The van der Waals surface area contributed by atoms with Crippen molar-refractivity contribution in [1.82, 2.24) is 9.80 Å². The molecule has 1 aromatic rings. The van der Waals surface area contributed by atoms with Gasteiger partial charge in [0.05, 0.1) is 13.0 Å². The maximum Gasteiger partial charge on any atom is 0.307 e. The Morgan fingerprint density at radius 1 is 1.08 bits per heavy atom. The van der Waals surface area contributed by atoms with E-state index in [4.69, 9.17) is 4.74 Å². The van der Waals surface area contributed by atoms with Crippen LogP contribution in [0.5, 0.6) is 0 Å². The maximum absolute atomic E-state index is 12.5. The van der Waals surface area contributed by atoms with Crippen LogP contribution in [0.15, 0.2) is 30.3 Å². The molecule has 1 rings (SSSR count). The fourth-order valence-corrected chi connectivity index (χ4v) is 2.32. The Morgan fingerprint density at radius 2 is 1.76 bits per heavy atom. The fourth-order valence-electron chi connectivity index (χ4n) is 2.32. The average Bonchev–Trinajstić information content (AvgIpc) is 2.57. The monoisotopic (exact) mass is 346 g/mol. The van der Waals surface area contributed by atoms with Gasteiger partial charge in [0, 0.05) is 19.2 Å². The van der Waals surface area contributed by atoms with E-state index in [0.29, 0.717) is 19.7 Å². The molecule has 138 valence electrons. The second kappa shape index (κ2) is 11.4. The number of hydrogen-bond donors (Lipinski definition) is 0. The Labute approximate surface area is 151 Å². The molecule has 0 fully saturated rings. The van der Waals surface area contributed by atoms with Gasteiger partial charge in [0.2, 0.25) is 5.91 Å². The molecule has 25 heavy (non-hydrogen) atoms. The van der Waals surface area contributed by atoms with E-state index in [9.17, 15) is 9.59 Å². The molecule has 0 saturated carbocycles. The van der Waals surface area contributed by atoms with Crippen molar-refractivity contribution in [3.05, 3.63) is 41.5 Å². The van der Waals surface area contributed by atoms with Crippen molar-refractivity contribution >= 4 is 18.0 Å². The van der Waals surface area contributed by atoms with E-state index in [1.165, 1.54) is 5.56 Å². The van der Waals surface area contributed by atoms with Crippen LogP contribution in [-0.2, 0) is 14.3 Å². The first kappa shape index (κ1) is 20.9. The summed E-state index contributed by atoms with van der Waals surface area (Å²) >= 11 is 0. The van der Waals surface area contributed by atoms with Gasteiger partial charge in [0.1, 0.15) is 0 Å². The quantitative estimate of drug-likeness (QED) is 0.483. The molecule has 0 unspecified atom stereocenters. The maximum atomic E-state index is 12.5. The lowest BCUT2D eigenvalue weighted by molar-refractivity contribution is -0.143. The largest absolute Gasteiger partial charge is 0.466 e. The van der Waals surface area contributed by atoms with E-state index < -0.39 is 0 Å². The molecule has 0 aliphatic carbocycles. The van der Waals surface area contributed by atoms with E-state index in [0.717, 1.165) is 18.5 Å². The molecule has 0 heterocycles. The predicted molar refractivity (Wildman–Crippen MR) is 101 cm³/mol. The predicted octanol–water partition coefficient (Wildman–Crippen LogP) is 2.74. The van der Waals surface area contributed by atoms with Gasteiger partial charge >= 0.3 is 5.97 Å². The number of carbonyl (C=O) groups excluding carboxylic acids is 2. The number of nitrogens with zero attached hydrogens (tertiary/aromatic N) is 2. The minimum Gasteiger partial charge on any atom is -0.466 e. The lowest BCUT2D eigenvalue weighted by atomic mass is 10.1. The Hall–Kier alpha value is -2.14. The SMILES string of the molecule is CCOC(=O)CCN(CCCN(C)C)C(=O)/C=C/c1ccc(C)cc1.